The molecule has 1 N–H and O–H groups in total. The number of hydrogen-bond donors (Lipinski definition) is 1. The van der Waals surface area contributed by atoms with E-state index in [0.29, 0.717) is 18.5 Å². The third kappa shape index (κ3) is 3.06. The Morgan fingerprint density at radius 3 is 2.91 bits per heavy atom. The van der Waals surface area contributed by atoms with Crippen LogP contribution in [0.2, 0.25) is 0 Å². The van der Waals surface area contributed by atoms with Gasteiger partial charge in [0.05, 0.1) is 11.0 Å². The first-order valence-electron chi connectivity index (χ1n) is 7.97. The van der Waals surface area contributed by atoms with Gasteiger partial charge in [-0.15, -0.1) is 0 Å². The Morgan fingerprint density at radius 2 is 2.22 bits per heavy atom. The van der Waals surface area contributed by atoms with Crippen LogP contribution in [0.15, 0.2) is 18.2 Å². The van der Waals surface area contributed by atoms with Crippen LogP contribution >= 0.6 is 0 Å². The molecule has 1 aliphatic heterocycles. The van der Waals surface area contributed by atoms with Crippen molar-refractivity contribution in [3.05, 3.63) is 29.6 Å². The molecule has 2 heterocycles. The van der Waals surface area contributed by atoms with E-state index in [1.165, 1.54) is 0 Å². The Hall–Kier alpha value is -2.37. The van der Waals surface area contributed by atoms with E-state index in [4.69, 9.17) is 0 Å². The van der Waals surface area contributed by atoms with Crippen molar-refractivity contribution < 1.29 is 9.59 Å². The SMILES string of the molecule is Cc1nc2ccc(C(=O)NC(C)CN3CCCC3=O)cc2n1C. The quantitative estimate of drug-likeness (QED) is 0.932. The topological polar surface area (TPSA) is 67.2 Å². The average Bonchev–Trinajstić information content (AvgIpc) is 3.03. The molecule has 1 aromatic carbocycles. The maximum absolute atomic E-state index is 12.4. The number of fused-ring (bicyclic) bond motifs is 1. The van der Waals surface area contributed by atoms with Crippen molar-refractivity contribution in [2.24, 2.45) is 7.05 Å². The molecule has 23 heavy (non-hydrogen) atoms. The number of amides is 2. The predicted octanol–water partition coefficient (Wildman–Crippen LogP) is 1.62. The Bertz CT molecular complexity index is 765. The maximum Gasteiger partial charge on any atom is 0.251 e. The molecule has 0 aliphatic carbocycles. The summed E-state index contributed by atoms with van der Waals surface area (Å²) in [4.78, 5) is 30.3. The molecule has 0 bridgehead atoms. The van der Waals surface area contributed by atoms with E-state index in [9.17, 15) is 9.59 Å². The van der Waals surface area contributed by atoms with Gasteiger partial charge in [0.25, 0.3) is 5.91 Å². The van der Waals surface area contributed by atoms with Gasteiger partial charge >= 0.3 is 0 Å². The molecule has 1 unspecified atom stereocenters. The molecule has 3 rings (SSSR count). The van der Waals surface area contributed by atoms with Gasteiger partial charge in [0.2, 0.25) is 5.91 Å². The largest absolute Gasteiger partial charge is 0.348 e. The molecule has 1 fully saturated rings. The molecule has 0 spiro atoms. The molecule has 1 aromatic heterocycles. The molecular formula is C17H22N4O2. The zero-order chi connectivity index (χ0) is 16.6. The van der Waals surface area contributed by atoms with E-state index in [-0.39, 0.29) is 17.9 Å². The Morgan fingerprint density at radius 1 is 1.43 bits per heavy atom. The van der Waals surface area contributed by atoms with Crippen LogP contribution in [0.5, 0.6) is 0 Å². The van der Waals surface area contributed by atoms with E-state index in [2.05, 4.69) is 10.3 Å². The Labute approximate surface area is 135 Å². The second-order valence-corrected chi connectivity index (χ2v) is 6.24. The fraction of sp³-hybridized carbons (Fsp3) is 0.471. The van der Waals surface area contributed by atoms with Gasteiger partial charge in [0.1, 0.15) is 5.82 Å². The van der Waals surface area contributed by atoms with Crippen LogP contribution in [0.3, 0.4) is 0 Å². The smallest absolute Gasteiger partial charge is 0.251 e. The zero-order valence-electron chi connectivity index (χ0n) is 13.8. The molecule has 0 saturated carbocycles. The number of aryl methyl sites for hydroxylation is 2. The Balaban J connectivity index is 1.70. The lowest BCUT2D eigenvalue weighted by molar-refractivity contribution is -0.127. The van der Waals surface area contributed by atoms with Crippen molar-refractivity contribution in [1.82, 2.24) is 19.8 Å². The maximum atomic E-state index is 12.4. The van der Waals surface area contributed by atoms with Gasteiger partial charge in [0.15, 0.2) is 0 Å². The summed E-state index contributed by atoms with van der Waals surface area (Å²) < 4.78 is 1.97. The molecule has 6 heteroatoms. The summed E-state index contributed by atoms with van der Waals surface area (Å²) in [6.45, 7) is 5.22. The molecule has 2 aromatic rings. The highest BCUT2D eigenvalue weighted by Gasteiger charge is 2.22. The summed E-state index contributed by atoms with van der Waals surface area (Å²) in [5, 5.41) is 2.97. The fourth-order valence-electron chi connectivity index (χ4n) is 3.03. The molecule has 6 nitrogen and oxygen atoms in total. The number of carbonyl (C=O) groups is 2. The number of hydrogen-bond acceptors (Lipinski definition) is 3. The van der Waals surface area contributed by atoms with Crippen LogP contribution in [0.25, 0.3) is 11.0 Å². The van der Waals surface area contributed by atoms with Crippen molar-refractivity contribution in [1.29, 1.82) is 0 Å². The number of carbonyl (C=O) groups excluding carboxylic acids is 2. The lowest BCUT2D eigenvalue weighted by Gasteiger charge is -2.21. The zero-order valence-corrected chi connectivity index (χ0v) is 13.8. The third-order valence-electron chi connectivity index (χ3n) is 4.41. The summed E-state index contributed by atoms with van der Waals surface area (Å²) >= 11 is 0. The van der Waals surface area contributed by atoms with Crippen LogP contribution in [-0.2, 0) is 11.8 Å². The second-order valence-electron chi connectivity index (χ2n) is 6.24. The summed E-state index contributed by atoms with van der Waals surface area (Å²) in [6, 6.07) is 5.44. The van der Waals surface area contributed by atoms with Crippen molar-refractivity contribution in [2.75, 3.05) is 13.1 Å². The highest BCUT2D eigenvalue weighted by atomic mass is 16.2. The van der Waals surface area contributed by atoms with Gasteiger partial charge in [-0.05, 0) is 38.5 Å². The van der Waals surface area contributed by atoms with Gasteiger partial charge < -0.3 is 14.8 Å². The fourth-order valence-corrected chi connectivity index (χ4v) is 3.03. The lowest BCUT2D eigenvalue weighted by atomic mass is 10.1. The molecule has 0 radical (unpaired) electrons. The van der Waals surface area contributed by atoms with Gasteiger partial charge in [-0.1, -0.05) is 0 Å². The molecule has 122 valence electrons. The number of rotatable bonds is 4. The first-order valence-corrected chi connectivity index (χ1v) is 7.97. The van der Waals surface area contributed by atoms with E-state index < -0.39 is 0 Å². The highest BCUT2D eigenvalue weighted by molar-refractivity contribution is 5.97. The van der Waals surface area contributed by atoms with Crippen molar-refractivity contribution in [3.63, 3.8) is 0 Å². The molecule has 1 atom stereocenters. The number of nitrogens with zero attached hydrogens (tertiary/aromatic N) is 3. The van der Waals surface area contributed by atoms with Gasteiger partial charge in [-0.2, -0.15) is 0 Å². The van der Waals surface area contributed by atoms with Crippen LogP contribution < -0.4 is 5.32 Å². The minimum atomic E-state index is -0.120. The van der Waals surface area contributed by atoms with E-state index >= 15 is 0 Å². The van der Waals surface area contributed by atoms with Gasteiger partial charge in [-0.25, -0.2) is 4.98 Å². The van der Waals surface area contributed by atoms with Crippen LogP contribution in [0.1, 0.15) is 35.9 Å². The van der Waals surface area contributed by atoms with Crippen molar-refractivity contribution >= 4 is 22.8 Å². The molecule has 1 aliphatic rings. The minimum Gasteiger partial charge on any atom is -0.348 e. The highest BCUT2D eigenvalue weighted by Crippen LogP contribution is 2.17. The van der Waals surface area contributed by atoms with E-state index in [0.717, 1.165) is 29.8 Å². The minimum absolute atomic E-state index is 0.0754. The standard InChI is InChI=1S/C17H22N4O2/c1-11(10-21-8-4-5-16(21)22)18-17(23)13-6-7-14-15(9-13)20(3)12(2)19-14/h6-7,9,11H,4-5,8,10H2,1-3H3,(H,18,23). The first-order chi connectivity index (χ1) is 11.0. The third-order valence-corrected chi connectivity index (χ3v) is 4.41. The number of nitrogens with one attached hydrogen (secondary N) is 1. The molecule has 1 saturated heterocycles. The van der Waals surface area contributed by atoms with Crippen molar-refractivity contribution in [3.8, 4) is 0 Å². The van der Waals surface area contributed by atoms with Crippen LogP contribution in [0, 0.1) is 6.92 Å². The van der Waals surface area contributed by atoms with Gasteiger partial charge in [-0.3, -0.25) is 9.59 Å². The lowest BCUT2D eigenvalue weighted by Crippen LogP contribution is -2.42. The summed E-state index contributed by atoms with van der Waals surface area (Å²) in [7, 11) is 1.94. The van der Waals surface area contributed by atoms with Crippen molar-refractivity contribution in [2.45, 2.75) is 32.7 Å². The monoisotopic (exact) mass is 314 g/mol. The van der Waals surface area contributed by atoms with E-state index in [1.807, 2.05) is 42.5 Å². The van der Waals surface area contributed by atoms with E-state index in [1.54, 1.807) is 6.07 Å². The molecular weight excluding hydrogens is 292 g/mol. The van der Waals surface area contributed by atoms with Gasteiger partial charge in [0, 0.05) is 38.2 Å². The number of benzene rings is 1. The summed E-state index contributed by atoms with van der Waals surface area (Å²) in [6.07, 6.45) is 1.53. The second kappa shape index (κ2) is 6.02. The predicted molar refractivity (Wildman–Crippen MR) is 88.2 cm³/mol. The van der Waals surface area contributed by atoms with Crippen LogP contribution in [0.4, 0.5) is 0 Å². The summed E-state index contributed by atoms with van der Waals surface area (Å²) in [5.74, 6) is 0.973. The number of aromatic nitrogens is 2. The first kappa shape index (κ1) is 15.5. The molecule has 2 amide bonds. The summed E-state index contributed by atoms with van der Waals surface area (Å²) in [5.41, 5.74) is 2.44. The number of likely N-dealkylation sites (tertiary alicyclic amines) is 1. The normalized spacial score (nSPS) is 16.1. The number of imidazole rings is 1. The average molecular weight is 314 g/mol. The van der Waals surface area contributed by atoms with Crippen LogP contribution in [-0.4, -0.2) is 45.4 Å². The Kier molecular flexibility index (Phi) is 4.07.